The SMILES string of the molecule is CCc1ccc(-n2c(C(CC)N(CCN(C)C)C(=O)Nc3cccc(Br)c3)nc3ccccc3c2=O)cc1. The highest BCUT2D eigenvalue weighted by Crippen LogP contribution is 2.27. The van der Waals surface area contributed by atoms with Crippen molar-refractivity contribution in [1.29, 1.82) is 0 Å². The Bertz CT molecular complexity index is 1470. The van der Waals surface area contributed by atoms with Crippen LogP contribution in [0.2, 0.25) is 0 Å². The molecular formula is C30H34BrN5O2. The van der Waals surface area contributed by atoms with Crippen molar-refractivity contribution >= 4 is 38.6 Å². The lowest BCUT2D eigenvalue weighted by molar-refractivity contribution is 0.173. The van der Waals surface area contributed by atoms with Gasteiger partial charge in [0.15, 0.2) is 0 Å². The lowest BCUT2D eigenvalue weighted by atomic mass is 10.1. The maximum atomic E-state index is 13.9. The van der Waals surface area contributed by atoms with Crippen LogP contribution in [0.1, 0.15) is 37.7 Å². The standard InChI is InChI=1S/C30H34BrN5O2/c1-5-21-14-16-24(17-15-21)36-28(33-26-13-8-7-12-25(26)29(36)37)27(6-2)35(19-18-34(3)4)30(38)32-23-11-9-10-22(31)20-23/h7-17,20,27H,5-6,18-19H2,1-4H3,(H,32,38). The molecule has 7 nitrogen and oxygen atoms in total. The Labute approximate surface area is 232 Å². The lowest BCUT2D eigenvalue weighted by Crippen LogP contribution is -2.43. The molecule has 0 fully saturated rings. The zero-order chi connectivity index (χ0) is 27.2. The molecule has 0 radical (unpaired) electrons. The molecule has 0 aliphatic rings. The molecule has 4 aromatic rings. The van der Waals surface area contributed by atoms with Gasteiger partial charge in [0.2, 0.25) is 0 Å². The second-order valence-corrected chi connectivity index (χ2v) is 10.4. The number of amides is 2. The second-order valence-electron chi connectivity index (χ2n) is 9.51. The summed E-state index contributed by atoms with van der Waals surface area (Å²) in [5.74, 6) is 0.545. The summed E-state index contributed by atoms with van der Waals surface area (Å²) < 4.78 is 2.55. The predicted molar refractivity (Wildman–Crippen MR) is 158 cm³/mol. The monoisotopic (exact) mass is 575 g/mol. The Morgan fingerprint density at radius 1 is 1.00 bits per heavy atom. The summed E-state index contributed by atoms with van der Waals surface area (Å²) in [6.07, 6.45) is 1.49. The van der Waals surface area contributed by atoms with Gasteiger partial charge in [-0.3, -0.25) is 9.36 Å². The van der Waals surface area contributed by atoms with Gasteiger partial charge in [0.25, 0.3) is 5.56 Å². The van der Waals surface area contributed by atoms with Gasteiger partial charge in [0.05, 0.1) is 22.6 Å². The molecule has 3 aromatic carbocycles. The van der Waals surface area contributed by atoms with E-state index in [1.807, 2.05) is 92.6 Å². The zero-order valence-electron chi connectivity index (χ0n) is 22.3. The first-order valence-electron chi connectivity index (χ1n) is 12.9. The average molecular weight is 577 g/mol. The van der Waals surface area contributed by atoms with Crippen molar-refractivity contribution in [3.05, 3.63) is 99.0 Å². The summed E-state index contributed by atoms with van der Waals surface area (Å²) in [4.78, 5) is 36.5. The van der Waals surface area contributed by atoms with Crippen molar-refractivity contribution in [2.24, 2.45) is 0 Å². The fourth-order valence-corrected chi connectivity index (χ4v) is 4.91. The van der Waals surface area contributed by atoms with E-state index in [1.165, 1.54) is 5.56 Å². The third-order valence-corrected chi connectivity index (χ3v) is 7.08. The van der Waals surface area contributed by atoms with Crippen LogP contribution in [-0.4, -0.2) is 52.6 Å². The molecule has 2 amide bonds. The molecule has 0 bridgehead atoms. The first-order chi connectivity index (χ1) is 18.3. The van der Waals surface area contributed by atoms with Crippen LogP contribution in [0, 0.1) is 0 Å². The number of carbonyl (C=O) groups excluding carboxylic acids is 1. The third-order valence-electron chi connectivity index (χ3n) is 6.59. The molecule has 0 aliphatic carbocycles. The Morgan fingerprint density at radius 2 is 1.74 bits per heavy atom. The minimum absolute atomic E-state index is 0.145. The Hall–Kier alpha value is -3.49. The molecule has 0 saturated carbocycles. The first kappa shape index (κ1) is 27.5. The van der Waals surface area contributed by atoms with Crippen molar-refractivity contribution in [2.45, 2.75) is 32.7 Å². The molecule has 1 heterocycles. The molecule has 8 heteroatoms. The molecule has 1 aromatic heterocycles. The minimum atomic E-state index is -0.440. The van der Waals surface area contributed by atoms with E-state index in [9.17, 15) is 9.59 Å². The molecule has 198 valence electrons. The normalized spacial score (nSPS) is 12.1. The van der Waals surface area contributed by atoms with Gasteiger partial charge in [-0.2, -0.15) is 0 Å². The molecule has 38 heavy (non-hydrogen) atoms. The smallest absolute Gasteiger partial charge is 0.313 e. The number of nitrogens with zero attached hydrogens (tertiary/aromatic N) is 4. The van der Waals surface area contributed by atoms with Gasteiger partial charge in [-0.25, -0.2) is 9.78 Å². The van der Waals surface area contributed by atoms with E-state index in [2.05, 4.69) is 28.2 Å². The van der Waals surface area contributed by atoms with Gasteiger partial charge >= 0.3 is 6.03 Å². The average Bonchev–Trinajstić information content (AvgIpc) is 2.91. The predicted octanol–water partition coefficient (Wildman–Crippen LogP) is 6.26. The Morgan fingerprint density at radius 3 is 2.39 bits per heavy atom. The number of rotatable bonds is 9. The highest BCUT2D eigenvalue weighted by molar-refractivity contribution is 9.10. The van der Waals surface area contributed by atoms with Crippen molar-refractivity contribution in [1.82, 2.24) is 19.4 Å². The lowest BCUT2D eigenvalue weighted by Gasteiger charge is -2.33. The van der Waals surface area contributed by atoms with Crippen LogP contribution in [0.3, 0.4) is 0 Å². The van der Waals surface area contributed by atoms with E-state index in [1.54, 1.807) is 15.5 Å². The van der Waals surface area contributed by atoms with Crippen LogP contribution < -0.4 is 10.9 Å². The number of likely N-dealkylation sites (N-methyl/N-ethyl adjacent to an activating group) is 1. The Kier molecular flexibility index (Phi) is 8.97. The third kappa shape index (κ3) is 6.14. The number of hydrogen-bond donors (Lipinski definition) is 1. The quantitative estimate of drug-likeness (QED) is 0.256. The topological polar surface area (TPSA) is 70.5 Å². The van der Waals surface area contributed by atoms with Crippen LogP contribution in [0.25, 0.3) is 16.6 Å². The summed E-state index contributed by atoms with van der Waals surface area (Å²) in [6.45, 7) is 5.24. The second kappa shape index (κ2) is 12.4. The zero-order valence-corrected chi connectivity index (χ0v) is 23.9. The van der Waals surface area contributed by atoms with E-state index in [4.69, 9.17) is 4.98 Å². The van der Waals surface area contributed by atoms with Crippen molar-refractivity contribution < 1.29 is 4.79 Å². The van der Waals surface area contributed by atoms with Gasteiger partial charge < -0.3 is 15.1 Å². The summed E-state index contributed by atoms with van der Waals surface area (Å²) in [7, 11) is 3.95. The fraction of sp³-hybridized carbons (Fsp3) is 0.300. The van der Waals surface area contributed by atoms with Gasteiger partial charge in [0.1, 0.15) is 5.82 Å². The first-order valence-corrected chi connectivity index (χ1v) is 13.7. The summed E-state index contributed by atoms with van der Waals surface area (Å²) in [5, 5.41) is 3.59. The number of benzene rings is 3. The minimum Gasteiger partial charge on any atom is -0.313 e. The van der Waals surface area contributed by atoms with Gasteiger partial charge in [-0.15, -0.1) is 0 Å². The van der Waals surface area contributed by atoms with E-state index in [0.29, 0.717) is 41.9 Å². The number of hydrogen-bond acceptors (Lipinski definition) is 4. The number of urea groups is 1. The Balaban J connectivity index is 1.86. The van der Waals surface area contributed by atoms with Crippen molar-refractivity contribution in [3.63, 3.8) is 0 Å². The van der Waals surface area contributed by atoms with Crippen LogP contribution >= 0.6 is 15.9 Å². The van der Waals surface area contributed by atoms with E-state index in [0.717, 1.165) is 16.6 Å². The molecular weight excluding hydrogens is 542 g/mol. The summed E-state index contributed by atoms with van der Waals surface area (Å²) >= 11 is 3.48. The van der Waals surface area contributed by atoms with Crippen molar-refractivity contribution in [2.75, 3.05) is 32.5 Å². The van der Waals surface area contributed by atoms with Crippen LogP contribution in [-0.2, 0) is 6.42 Å². The number of halogens is 1. The van der Waals surface area contributed by atoms with Gasteiger partial charge in [0, 0.05) is 23.2 Å². The molecule has 0 aliphatic heterocycles. The van der Waals surface area contributed by atoms with Gasteiger partial charge in [-0.05, 0) is 75.0 Å². The largest absolute Gasteiger partial charge is 0.322 e. The van der Waals surface area contributed by atoms with E-state index >= 15 is 0 Å². The number of anilines is 1. The maximum Gasteiger partial charge on any atom is 0.322 e. The highest BCUT2D eigenvalue weighted by Gasteiger charge is 2.29. The molecule has 0 spiro atoms. The van der Waals surface area contributed by atoms with E-state index in [-0.39, 0.29) is 11.6 Å². The summed E-state index contributed by atoms with van der Waals surface area (Å²) in [5.41, 5.74) is 3.08. The number of nitrogens with one attached hydrogen (secondary N) is 1. The fourth-order valence-electron chi connectivity index (χ4n) is 4.51. The molecule has 1 atom stereocenters. The number of aromatic nitrogens is 2. The van der Waals surface area contributed by atoms with Gasteiger partial charge in [-0.1, -0.05) is 60.1 Å². The van der Waals surface area contributed by atoms with Crippen molar-refractivity contribution in [3.8, 4) is 5.69 Å². The molecule has 0 saturated heterocycles. The number of carbonyl (C=O) groups is 1. The number of para-hydroxylation sites is 1. The van der Waals surface area contributed by atoms with Crippen LogP contribution in [0.4, 0.5) is 10.5 Å². The molecule has 1 unspecified atom stereocenters. The maximum absolute atomic E-state index is 13.9. The van der Waals surface area contributed by atoms with E-state index < -0.39 is 6.04 Å². The van der Waals surface area contributed by atoms with Crippen LogP contribution in [0.15, 0.2) is 82.1 Å². The van der Waals surface area contributed by atoms with Crippen LogP contribution in [0.5, 0.6) is 0 Å². The summed E-state index contributed by atoms with van der Waals surface area (Å²) in [6, 6.07) is 22.2. The molecule has 4 rings (SSSR count). The number of fused-ring (bicyclic) bond motifs is 1. The highest BCUT2D eigenvalue weighted by atomic mass is 79.9. The molecule has 1 N–H and O–H groups in total. The number of aryl methyl sites for hydroxylation is 1.